The number of amides is 3. The molecule has 5 nitrogen and oxygen atoms in total. The molecule has 1 saturated carbocycles. The first kappa shape index (κ1) is 14.8. The van der Waals surface area contributed by atoms with Crippen LogP contribution in [0.1, 0.15) is 23.5 Å². The first-order chi connectivity index (χ1) is 11.5. The minimum absolute atomic E-state index is 0.0792. The van der Waals surface area contributed by atoms with Crippen LogP contribution in [0.25, 0.3) is 11.3 Å². The molecule has 6 heteroatoms. The Hall–Kier alpha value is -2.76. The van der Waals surface area contributed by atoms with Gasteiger partial charge in [0.2, 0.25) is 5.91 Å². The summed E-state index contributed by atoms with van der Waals surface area (Å²) in [6, 6.07) is 8.44. The Bertz CT molecular complexity index is 819. The van der Waals surface area contributed by atoms with Crippen molar-refractivity contribution < 1.29 is 14.0 Å². The van der Waals surface area contributed by atoms with E-state index in [0.717, 1.165) is 17.5 Å². The van der Waals surface area contributed by atoms with Gasteiger partial charge in [0, 0.05) is 23.7 Å². The lowest BCUT2D eigenvalue weighted by Crippen LogP contribution is -2.33. The van der Waals surface area contributed by atoms with E-state index < -0.39 is 0 Å². The molecular formula is C18H16FN3O2. The van der Waals surface area contributed by atoms with Crippen molar-refractivity contribution in [3.63, 3.8) is 0 Å². The molecule has 0 spiro atoms. The van der Waals surface area contributed by atoms with Gasteiger partial charge < -0.3 is 5.32 Å². The molecule has 0 radical (unpaired) electrons. The van der Waals surface area contributed by atoms with Crippen LogP contribution in [0.4, 0.5) is 9.18 Å². The maximum atomic E-state index is 13.7. The summed E-state index contributed by atoms with van der Waals surface area (Å²) < 4.78 is 13.7. The van der Waals surface area contributed by atoms with Crippen LogP contribution in [0.2, 0.25) is 0 Å². The van der Waals surface area contributed by atoms with Gasteiger partial charge in [0.15, 0.2) is 0 Å². The molecule has 1 aromatic carbocycles. The number of halogens is 1. The minimum atomic E-state index is -0.313. The van der Waals surface area contributed by atoms with Crippen LogP contribution >= 0.6 is 0 Å². The lowest BCUT2D eigenvalue weighted by molar-refractivity contribution is -0.125. The summed E-state index contributed by atoms with van der Waals surface area (Å²) in [7, 11) is 0. The minimum Gasteiger partial charge on any atom is -0.329 e. The third kappa shape index (κ3) is 2.44. The average Bonchev–Trinajstić information content (AvgIpc) is 3.29. The monoisotopic (exact) mass is 325 g/mol. The van der Waals surface area contributed by atoms with Crippen molar-refractivity contribution in [3.05, 3.63) is 53.5 Å². The lowest BCUT2D eigenvalue weighted by Gasteiger charge is -2.12. The van der Waals surface area contributed by atoms with Crippen LogP contribution in [-0.4, -0.2) is 34.4 Å². The van der Waals surface area contributed by atoms with Crippen molar-refractivity contribution in [2.24, 2.45) is 0 Å². The van der Waals surface area contributed by atoms with Gasteiger partial charge in [-0.3, -0.25) is 14.7 Å². The van der Waals surface area contributed by atoms with Gasteiger partial charge in [-0.1, -0.05) is 18.2 Å². The van der Waals surface area contributed by atoms with Crippen molar-refractivity contribution >= 4 is 11.9 Å². The summed E-state index contributed by atoms with van der Waals surface area (Å²) in [4.78, 5) is 29.1. The molecule has 2 atom stereocenters. The highest BCUT2D eigenvalue weighted by molar-refractivity contribution is 6.02. The molecule has 1 aromatic heterocycles. The molecule has 24 heavy (non-hydrogen) atoms. The number of benzene rings is 1. The molecule has 1 saturated heterocycles. The lowest BCUT2D eigenvalue weighted by atomic mass is 10.1. The van der Waals surface area contributed by atoms with Gasteiger partial charge in [-0.15, -0.1) is 0 Å². The summed E-state index contributed by atoms with van der Waals surface area (Å²) in [6.45, 7) is 1.80. The normalized spacial score (nSPS) is 22.7. The maximum Gasteiger partial charge on any atom is 0.324 e. The number of nitrogens with zero attached hydrogens (tertiary/aromatic N) is 2. The van der Waals surface area contributed by atoms with Crippen LogP contribution in [0.5, 0.6) is 0 Å². The highest BCUT2D eigenvalue weighted by Gasteiger charge is 2.49. The summed E-state index contributed by atoms with van der Waals surface area (Å²) in [5.74, 6) is -0.291. The van der Waals surface area contributed by atoms with Crippen LogP contribution in [0.3, 0.4) is 0 Å². The Morgan fingerprint density at radius 2 is 2.08 bits per heavy atom. The number of aromatic nitrogens is 1. The first-order valence-electron chi connectivity index (χ1n) is 7.87. The number of carbonyl (C=O) groups is 2. The molecule has 0 bridgehead atoms. The van der Waals surface area contributed by atoms with Crippen molar-refractivity contribution in [3.8, 4) is 11.3 Å². The zero-order valence-electron chi connectivity index (χ0n) is 13.1. The second-order valence-corrected chi connectivity index (χ2v) is 6.27. The highest BCUT2D eigenvalue weighted by atomic mass is 19.1. The van der Waals surface area contributed by atoms with Crippen molar-refractivity contribution in [2.75, 3.05) is 6.54 Å². The van der Waals surface area contributed by atoms with E-state index >= 15 is 0 Å². The summed E-state index contributed by atoms with van der Waals surface area (Å²) in [5, 5.41) is 2.54. The number of aryl methyl sites for hydroxylation is 1. The van der Waals surface area contributed by atoms with Gasteiger partial charge in [-0.05, 0) is 36.6 Å². The van der Waals surface area contributed by atoms with Crippen LogP contribution in [0, 0.1) is 12.7 Å². The molecule has 4 rings (SSSR count). The van der Waals surface area contributed by atoms with E-state index in [2.05, 4.69) is 10.3 Å². The zero-order chi connectivity index (χ0) is 16.8. The van der Waals surface area contributed by atoms with E-state index in [1.54, 1.807) is 19.2 Å². The summed E-state index contributed by atoms with van der Waals surface area (Å²) >= 11 is 0. The molecule has 2 fully saturated rings. The van der Waals surface area contributed by atoms with Crippen LogP contribution < -0.4 is 5.32 Å². The quantitative estimate of drug-likeness (QED) is 0.882. The number of rotatable bonds is 3. The molecule has 122 valence electrons. The van der Waals surface area contributed by atoms with Gasteiger partial charge in [0.1, 0.15) is 5.82 Å². The summed E-state index contributed by atoms with van der Waals surface area (Å²) in [5.41, 5.74) is 3.02. The Balaban J connectivity index is 1.52. The third-order valence-electron chi connectivity index (χ3n) is 4.65. The molecule has 1 aliphatic carbocycles. The SMILES string of the molecule is Cc1ccc(-c2ccc(C3CC3N3C(=O)CNC3=O)cn2)cc1F. The molecule has 2 heterocycles. The number of urea groups is 1. The van der Waals surface area contributed by atoms with Crippen molar-refractivity contribution in [2.45, 2.75) is 25.3 Å². The van der Waals surface area contributed by atoms with E-state index in [-0.39, 0.29) is 36.3 Å². The van der Waals surface area contributed by atoms with Gasteiger partial charge >= 0.3 is 6.03 Å². The second kappa shape index (κ2) is 5.40. The van der Waals surface area contributed by atoms with E-state index in [1.165, 1.54) is 11.0 Å². The van der Waals surface area contributed by atoms with Gasteiger partial charge in [0.05, 0.1) is 12.2 Å². The van der Waals surface area contributed by atoms with Crippen molar-refractivity contribution in [1.82, 2.24) is 15.2 Å². The highest BCUT2D eigenvalue weighted by Crippen LogP contribution is 2.45. The molecule has 2 unspecified atom stereocenters. The standard InChI is InChI=1S/C18H16FN3O2/c1-10-2-3-11(6-14(10)19)15-5-4-12(8-20-15)13-7-16(13)22-17(23)9-21-18(22)24/h2-6,8,13,16H,7,9H2,1H3,(H,21,24). The topological polar surface area (TPSA) is 62.3 Å². The predicted octanol–water partition coefficient (Wildman–Crippen LogP) is 2.60. The average molecular weight is 325 g/mol. The first-order valence-corrected chi connectivity index (χ1v) is 7.87. The predicted molar refractivity (Wildman–Crippen MR) is 85.8 cm³/mol. The molecule has 2 aliphatic rings. The second-order valence-electron chi connectivity index (χ2n) is 6.27. The fraction of sp³-hybridized carbons (Fsp3) is 0.278. The molecular weight excluding hydrogens is 309 g/mol. The maximum absolute atomic E-state index is 13.7. The molecule has 1 aliphatic heterocycles. The van der Waals surface area contributed by atoms with Gasteiger partial charge in [-0.2, -0.15) is 0 Å². The Kier molecular flexibility index (Phi) is 3.33. The molecule has 2 aromatic rings. The Morgan fingerprint density at radius 1 is 1.25 bits per heavy atom. The Labute approximate surface area is 138 Å². The number of hydrogen-bond donors (Lipinski definition) is 1. The Morgan fingerprint density at radius 3 is 2.71 bits per heavy atom. The fourth-order valence-electron chi connectivity index (χ4n) is 3.14. The number of hydrogen-bond acceptors (Lipinski definition) is 3. The number of imide groups is 1. The van der Waals surface area contributed by atoms with Gasteiger partial charge in [-0.25, -0.2) is 9.18 Å². The van der Waals surface area contributed by atoms with E-state index in [9.17, 15) is 14.0 Å². The van der Waals surface area contributed by atoms with Crippen LogP contribution in [-0.2, 0) is 4.79 Å². The molecule has 3 amide bonds. The molecule has 1 N–H and O–H groups in total. The number of nitrogens with one attached hydrogen (secondary N) is 1. The number of pyridine rings is 1. The third-order valence-corrected chi connectivity index (χ3v) is 4.65. The van der Waals surface area contributed by atoms with E-state index in [0.29, 0.717) is 11.3 Å². The van der Waals surface area contributed by atoms with E-state index in [1.807, 2.05) is 18.2 Å². The number of carbonyl (C=O) groups excluding carboxylic acids is 2. The fourth-order valence-corrected chi connectivity index (χ4v) is 3.14. The zero-order valence-corrected chi connectivity index (χ0v) is 13.1. The smallest absolute Gasteiger partial charge is 0.324 e. The summed E-state index contributed by atoms with van der Waals surface area (Å²) in [6.07, 6.45) is 2.51. The van der Waals surface area contributed by atoms with Crippen molar-refractivity contribution in [1.29, 1.82) is 0 Å². The van der Waals surface area contributed by atoms with Gasteiger partial charge in [0.25, 0.3) is 0 Å². The van der Waals surface area contributed by atoms with E-state index in [4.69, 9.17) is 0 Å². The van der Waals surface area contributed by atoms with Crippen LogP contribution in [0.15, 0.2) is 36.5 Å². The largest absolute Gasteiger partial charge is 0.329 e.